The van der Waals surface area contributed by atoms with E-state index in [9.17, 15) is 4.79 Å². The molecule has 0 radical (unpaired) electrons. The van der Waals surface area contributed by atoms with E-state index in [2.05, 4.69) is 30.4 Å². The molecule has 0 heterocycles. The van der Waals surface area contributed by atoms with Crippen LogP contribution >= 0.6 is 0 Å². The van der Waals surface area contributed by atoms with E-state index in [0.29, 0.717) is 0 Å². The van der Waals surface area contributed by atoms with Gasteiger partial charge < -0.3 is 4.90 Å². The van der Waals surface area contributed by atoms with E-state index in [1.54, 1.807) is 0 Å². The van der Waals surface area contributed by atoms with Crippen molar-refractivity contribution >= 4 is 11.5 Å². The van der Waals surface area contributed by atoms with Crippen LogP contribution in [0.3, 0.4) is 0 Å². The van der Waals surface area contributed by atoms with E-state index in [-0.39, 0.29) is 5.78 Å². The number of rotatable bonds is 5. The highest BCUT2D eigenvalue weighted by Gasteiger charge is 2.15. The number of hydrazine groups is 1. The zero-order valence-electron chi connectivity index (χ0n) is 12.6. The van der Waals surface area contributed by atoms with Crippen molar-refractivity contribution in [3.63, 3.8) is 0 Å². The number of benzene rings is 2. The molecule has 4 nitrogen and oxygen atoms in total. The van der Waals surface area contributed by atoms with Gasteiger partial charge in [0.15, 0.2) is 5.78 Å². The van der Waals surface area contributed by atoms with Crippen LogP contribution in [0.5, 0.6) is 0 Å². The molecule has 2 aromatic carbocycles. The molecule has 0 bridgehead atoms. The maximum absolute atomic E-state index is 12.6. The average Bonchev–Trinajstić information content (AvgIpc) is 2.58. The first kappa shape index (κ1) is 16.9. The van der Waals surface area contributed by atoms with Crippen molar-refractivity contribution in [2.75, 3.05) is 18.0 Å². The number of nitrogens with two attached hydrogens (primary N) is 2. The minimum absolute atomic E-state index is 0.0862. The molecule has 4 heteroatoms. The number of anilines is 1. The van der Waals surface area contributed by atoms with Crippen LogP contribution in [0.15, 0.2) is 54.6 Å². The summed E-state index contributed by atoms with van der Waals surface area (Å²) in [4.78, 5) is 14.8. The van der Waals surface area contributed by atoms with Gasteiger partial charge in [-0.15, -0.1) is 0 Å². The Bertz CT molecular complexity index is 551. The Morgan fingerprint density at radius 3 is 2.00 bits per heavy atom. The topological polar surface area (TPSA) is 72.3 Å². The molecular formula is C17H23N3O. The minimum Gasteiger partial charge on any atom is -0.371 e. The van der Waals surface area contributed by atoms with E-state index in [0.717, 1.165) is 29.9 Å². The van der Waals surface area contributed by atoms with Crippen LogP contribution in [-0.4, -0.2) is 18.9 Å². The fourth-order valence-electron chi connectivity index (χ4n) is 2.25. The highest BCUT2D eigenvalue weighted by atomic mass is 16.1. The molecule has 2 rings (SSSR count). The van der Waals surface area contributed by atoms with E-state index in [1.807, 2.05) is 54.6 Å². The summed E-state index contributed by atoms with van der Waals surface area (Å²) in [6, 6.07) is 17.3. The van der Waals surface area contributed by atoms with Gasteiger partial charge in [-0.25, -0.2) is 0 Å². The molecule has 0 fully saturated rings. The molecule has 0 saturated carbocycles. The fraction of sp³-hybridized carbons (Fsp3) is 0.235. The lowest BCUT2D eigenvalue weighted by molar-refractivity contribution is 0.103. The summed E-state index contributed by atoms with van der Waals surface area (Å²) in [7, 11) is 0. The Balaban J connectivity index is 0.00000106. The van der Waals surface area contributed by atoms with Gasteiger partial charge in [-0.1, -0.05) is 42.5 Å². The van der Waals surface area contributed by atoms with Crippen LogP contribution in [0.2, 0.25) is 0 Å². The fourth-order valence-corrected chi connectivity index (χ4v) is 2.25. The molecule has 21 heavy (non-hydrogen) atoms. The van der Waals surface area contributed by atoms with Crippen LogP contribution in [-0.2, 0) is 0 Å². The molecule has 0 aromatic heterocycles. The van der Waals surface area contributed by atoms with Crippen molar-refractivity contribution in [3.05, 3.63) is 65.7 Å². The number of nitrogens with zero attached hydrogens (tertiary/aromatic N) is 1. The second-order valence-electron chi connectivity index (χ2n) is 4.38. The summed E-state index contributed by atoms with van der Waals surface area (Å²) in [5, 5.41) is 0. The molecule has 0 unspecified atom stereocenters. The molecule has 0 aliphatic carbocycles. The van der Waals surface area contributed by atoms with Crippen LogP contribution in [0.4, 0.5) is 5.69 Å². The van der Waals surface area contributed by atoms with Crippen LogP contribution in [0, 0.1) is 0 Å². The van der Waals surface area contributed by atoms with Gasteiger partial charge in [0.25, 0.3) is 0 Å². The van der Waals surface area contributed by atoms with Crippen molar-refractivity contribution < 1.29 is 4.79 Å². The molecule has 2 aromatic rings. The molecule has 0 spiro atoms. The Kier molecular flexibility index (Phi) is 7.15. The SMILES string of the molecule is CCN(CC)c1ccccc1C(=O)c1ccccc1.NN. The Morgan fingerprint density at radius 1 is 0.905 bits per heavy atom. The van der Waals surface area contributed by atoms with Crippen molar-refractivity contribution in [3.8, 4) is 0 Å². The largest absolute Gasteiger partial charge is 0.371 e. The summed E-state index contributed by atoms with van der Waals surface area (Å²) in [6.07, 6.45) is 0. The van der Waals surface area contributed by atoms with Crippen molar-refractivity contribution in [1.29, 1.82) is 0 Å². The van der Waals surface area contributed by atoms with Gasteiger partial charge >= 0.3 is 0 Å². The van der Waals surface area contributed by atoms with E-state index in [1.165, 1.54) is 0 Å². The third-order valence-electron chi connectivity index (χ3n) is 3.29. The molecule has 0 aliphatic rings. The predicted molar refractivity (Wildman–Crippen MR) is 88.3 cm³/mol. The smallest absolute Gasteiger partial charge is 0.195 e. The lowest BCUT2D eigenvalue weighted by Crippen LogP contribution is -2.24. The van der Waals surface area contributed by atoms with Gasteiger partial charge in [0.05, 0.1) is 0 Å². The Labute approximate surface area is 126 Å². The zero-order chi connectivity index (χ0) is 15.7. The summed E-state index contributed by atoms with van der Waals surface area (Å²) in [5.41, 5.74) is 2.53. The van der Waals surface area contributed by atoms with Gasteiger partial charge in [-0.3, -0.25) is 16.5 Å². The molecular weight excluding hydrogens is 262 g/mol. The maximum atomic E-state index is 12.6. The first-order valence-corrected chi connectivity index (χ1v) is 7.05. The third kappa shape index (κ3) is 4.15. The molecule has 0 atom stereocenters. The predicted octanol–water partition coefficient (Wildman–Crippen LogP) is 2.58. The highest BCUT2D eigenvalue weighted by Crippen LogP contribution is 2.23. The molecule has 112 valence electrons. The zero-order valence-corrected chi connectivity index (χ0v) is 12.6. The lowest BCUT2D eigenvalue weighted by Gasteiger charge is -2.23. The monoisotopic (exact) mass is 285 g/mol. The Hall–Kier alpha value is -2.17. The van der Waals surface area contributed by atoms with Crippen molar-refractivity contribution in [2.45, 2.75) is 13.8 Å². The van der Waals surface area contributed by atoms with Crippen molar-refractivity contribution in [1.82, 2.24) is 0 Å². The standard InChI is InChI=1S/C17H19NO.H4N2/c1-3-18(4-2)16-13-9-8-12-15(16)17(19)14-10-6-5-7-11-14;1-2/h5-13H,3-4H2,1-2H3;1-2H2. The normalized spacial score (nSPS) is 9.52. The lowest BCUT2D eigenvalue weighted by atomic mass is 10.0. The number of carbonyl (C=O) groups excluding carboxylic acids is 1. The third-order valence-corrected chi connectivity index (χ3v) is 3.29. The van der Waals surface area contributed by atoms with Crippen molar-refractivity contribution in [2.24, 2.45) is 11.7 Å². The quantitative estimate of drug-likeness (QED) is 0.503. The molecule has 4 N–H and O–H groups in total. The van der Waals surface area contributed by atoms with Crippen LogP contribution < -0.4 is 16.6 Å². The number of ketones is 1. The summed E-state index contributed by atoms with van der Waals surface area (Å²) < 4.78 is 0. The van der Waals surface area contributed by atoms with E-state index < -0.39 is 0 Å². The minimum atomic E-state index is 0.0862. The number of hydrogen-bond donors (Lipinski definition) is 2. The average molecular weight is 285 g/mol. The van der Waals surface area contributed by atoms with Gasteiger partial charge in [-0.05, 0) is 26.0 Å². The highest BCUT2D eigenvalue weighted by molar-refractivity contribution is 6.12. The number of hydrogen-bond acceptors (Lipinski definition) is 4. The number of para-hydroxylation sites is 1. The first-order valence-electron chi connectivity index (χ1n) is 7.05. The molecule has 0 aliphatic heterocycles. The van der Waals surface area contributed by atoms with Crippen LogP contribution in [0.1, 0.15) is 29.8 Å². The maximum Gasteiger partial charge on any atom is 0.195 e. The van der Waals surface area contributed by atoms with E-state index in [4.69, 9.17) is 0 Å². The van der Waals surface area contributed by atoms with Crippen LogP contribution in [0.25, 0.3) is 0 Å². The second kappa shape index (κ2) is 8.89. The van der Waals surface area contributed by atoms with Gasteiger partial charge in [0.2, 0.25) is 0 Å². The summed E-state index contributed by atoms with van der Waals surface area (Å²) in [6.45, 7) is 6.01. The summed E-state index contributed by atoms with van der Waals surface area (Å²) >= 11 is 0. The number of carbonyl (C=O) groups is 1. The van der Waals surface area contributed by atoms with Gasteiger partial charge in [0, 0.05) is 29.9 Å². The van der Waals surface area contributed by atoms with Gasteiger partial charge in [-0.2, -0.15) is 0 Å². The summed E-state index contributed by atoms with van der Waals surface area (Å²) in [5.74, 6) is 8.09. The van der Waals surface area contributed by atoms with Gasteiger partial charge in [0.1, 0.15) is 0 Å². The first-order chi connectivity index (χ1) is 10.3. The molecule has 0 saturated heterocycles. The second-order valence-corrected chi connectivity index (χ2v) is 4.38. The Morgan fingerprint density at radius 2 is 1.43 bits per heavy atom. The molecule has 0 amide bonds. The van der Waals surface area contributed by atoms with E-state index >= 15 is 0 Å².